The molecule has 0 aliphatic carbocycles. The molecule has 2 N–H and O–H groups in total. The van der Waals surface area contributed by atoms with Gasteiger partial charge in [0.25, 0.3) is 5.91 Å². The average molecular weight is 335 g/mol. The average Bonchev–Trinajstić information content (AvgIpc) is 3.10. The SMILES string of the molecule is Cc1nc(-c2cccs2)sc1C(=O)N1CCC(N)C(C)(C)C1. The number of carbonyl (C=O) groups excluding carboxylic acids is 1. The zero-order valence-electron chi connectivity index (χ0n) is 13.1. The van der Waals surface area contributed by atoms with E-state index in [4.69, 9.17) is 5.73 Å². The first-order valence-corrected chi connectivity index (χ1v) is 9.14. The molecule has 2 aromatic rings. The summed E-state index contributed by atoms with van der Waals surface area (Å²) in [6.07, 6.45) is 0.856. The Hall–Kier alpha value is -1.24. The summed E-state index contributed by atoms with van der Waals surface area (Å²) in [5.74, 6) is 0.0952. The standard InChI is InChI=1S/C16H21N3OS2/c1-10-13(22-14(18-10)11-5-4-8-21-11)15(20)19-7-6-12(17)16(2,3)9-19/h4-5,8,12H,6-7,9,17H2,1-3H3. The zero-order valence-corrected chi connectivity index (χ0v) is 14.8. The number of nitrogens with two attached hydrogens (primary N) is 1. The predicted octanol–water partition coefficient (Wildman–Crippen LogP) is 3.38. The van der Waals surface area contributed by atoms with Crippen LogP contribution in [0.3, 0.4) is 0 Å². The molecule has 0 spiro atoms. The van der Waals surface area contributed by atoms with Gasteiger partial charge in [0.1, 0.15) is 9.88 Å². The van der Waals surface area contributed by atoms with Gasteiger partial charge >= 0.3 is 0 Å². The van der Waals surface area contributed by atoms with Gasteiger partial charge < -0.3 is 10.6 Å². The number of carbonyl (C=O) groups is 1. The van der Waals surface area contributed by atoms with E-state index in [1.165, 1.54) is 11.3 Å². The second-order valence-corrected chi connectivity index (χ2v) is 8.47. The molecule has 2 aromatic heterocycles. The fourth-order valence-corrected chi connectivity index (χ4v) is 4.62. The number of rotatable bonds is 2. The van der Waals surface area contributed by atoms with Crippen molar-refractivity contribution in [3.63, 3.8) is 0 Å². The third-order valence-electron chi connectivity index (χ3n) is 4.32. The van der Waals surface area contributed by atoms with Gasteiger partial charge in [-0.3, -0.25) is 4.79 Å². The third kappa shape index (κ3) is 2.83. The third-order valence-corrected chi connectivity index (χ3v) is 6.51. The minimum Gasteiger partial charge on any atom is -0.337 e. The molecule has 4 nitrogen and oxygen atoms in total. The van der Waals surface area contributed by atoms with Crippen LogP contribution in [-0.2, 0) is 0 Å². The number of piperidine rings is 1. The lowest BCUT2D eigenvalue weighted by Crippen LogP contribution is -2.53. The highest BCUT2D eigenvalue weighted by Crippen LogP contribution is 2.34. The minimum absolute atomic E-state index is 0.0386. The van der Waals surface area contributed by atoms with Crippen LogP contribution in [-0.4, -0.2) is 34.9 Å². The number of nitrogens with zero attached hydrogens (tertiary/aromatic N) is 2. The van der Waals surface area contributed by atoms with Crippen LogP contribution in [0.2, 0.25) is 0 Å². The number of likely N-dealkylation sites (tertiary alicyclic amines) is 1. The first kappa shape index (κ1) is 15.6. The first-order valence-electron chi connectivity index (χ1n) is 7.44. The molecule has 22 heavy (non-hydrogen) atoms. The number of aryl methyl sites for hydroxylation is 1. The van der Waals surface area contributed by atoms with Gasteiger partial charge in [-0.25, -0.2) is 4.98 Å². The number of thiazole rings is 1. The summed E-state index contributed by atoms with van der Waals surface area (Å²) in [5.41, 5.74) is 6.95. The lowest BCUT2D eigenvalue weighted by Gasteiger charge is -2.42. The van der Waals surface area contributed by atoms with Gasteiger partial charge in [-0.15, -0.1) is 22.7 Å². The maximum Gasteiger partial charge on any atom is 0.265 e. The molecule has 1 aliphatic heterocycles. The number of hydrogen-bond acceptors (Lipinski definition) is 5. The molecule has 1 saturated heterocycles. The molecule has 0 aromatic carbocycles. The summed E-state index contributed by atoms with van der Waals surface area (Å²) in [4.78, 5) is 21.2. The quantitative estimate of drug-likeness (QED) is 0.915. The van der Waals surface area contributed by atoms with Gasteiger partial charge in [-0.05, 0) is 30.2 Å². The summed E-state index contributed by atoms with van der Waals surface area (Å²) in [7, 11) is 0. The Bertz CT molecular complexity index is 676. The highest BCUT2D eigenvalue weighted by atomic mass is 32.1. The molecule has 3 rings (SSSR count). The molecule has 1 amide bonds. The Balaban J connectivity index is 1.84. The van der Waals surface area contributed by atoms with E-state index in [1.54, 1.807) is 11.3 Å². The Morgan fingerprint density at radius 1 is 1.50 bits per heavy atom. The van der Waals surface area contributed by atoms with Crippen molar-refractivity contribution in [3.8, 4) is 9.88 Å². The molecule has 3 heterocycles. The zero-order chi connectivity index (χ0) is 15.9. The summed E-state index contributed by atoms with van der Waals surface area (Å²) < 4.78 is 0. The summed E-state index contributed by atoms with van der Waals surface area (Å²) >= 11 is 3.15. The Morgan fingerprint density at radius 3 is 2.91 bits per heavy atom. The Kier molecular flexibility index (Phi) is 4.09. The largest absolute Gasteiger partial charge is 0.337 e. The lowest BCUT2D eigenvalue weighted by atomic mass is 9.79. The molecule has 0 bridgehead atoms. The van der Waals surface area contributed by atoms with Crippen molar-refractivity contribution in [2.75, 3.05) is 13.1 Å². The van der Waals surface area contributed by atoms with Crippen LogP contribution in [0.1, 0.15) is 35.6 Å². The van der Waals surface area contributed by atoms with Crippen LogP contribution in [0.4, 0.5) is 0 Å². The normalized spacial score (nSPS) is 21.1. The topological polar surface area (TPSA) is 59.2 Å². The summed E-state index contributed by atoms with van der Waals surface area (Å²) in [6, 6.07) is 4.20. The van der Waals surface area contributed by atoms with E-state index in [2.05, 4.69) is 18.8 Å². The van der Waals surface area contributed by atoms with Crippen LogP contribution >= 0.6 is 22.7 Å². The smallest absolute Gasteiger partial charge is 0.265 e. The van der Waals surface area contributed by atoms with Crippen LogP contribution in [0.5, 0.6) is 0 Å². The van der Waals surface area contributed by atoms with Crippen LogP contribution in [0.25, 0.3) is 9.88 Å². The number of hydrogen-bond donors (Lipinski definition) is 1. The van der Waals surface area contributed by atoms with Gasteiger partial charge in [0, 0.05) is 19.1 Å². The fourth-order valence-electron chi connectivity index (χ4n) is 2.79. The van der Waals surface area contributed by atoms with Gasteiger partial charge in [0.2, 0.25) is 0 Å². The summed E-state index contributed by atoms with van der Waals surface area (Å²) in [6.45, 7) is 7.62. The minimum atomic E-state index is -0.0386. The van der Waals surface area contributed by atoms with Crippen molar-refractivity contribution < 1.29 is 4.79 Å². The monoisotopic (exact) mass is 335 g/mol. The highest BCUT2D eigenvalue weighted by molar-refractivity contribution is 7.22. The molecule has 0 radical (unpaired) electrons. The number of thiophene rings is 1. The Labute approximate surface area is 139 Å². The van der Waals surface area contributed by atoms with E-state index >= 15 is 0 Å². The second-order valence-electron chi connectivity index (χ2n) is 6.52. The van der Waals surface area contributed by atoms with Crippen molar-refractivity contribution in [3.05, 3.63) is 28.1 Å². The fraction of sp³-hybridized carbons (Fsp3) is 0.500. The number of amides is 1. The molecule has 118 valence electrons. The molecule has 1 aliphatic rings. The predicted molar refractivity (Wildman–Crippen MR) is 92.4 cm³/mol. The highest BCUT2D eigenvalue weighted by Gasteiger charge is 2.36. The summed E-state index contributed by atoms with van der Waals surface area (Å²) in [5, 5.41) is 2.96. The van der Waals surface area contributed by atoms with Gasteiger partial charge in [-0.1, -0.05) is 19.9 Å². The maximum absolute atomic E-state index is 12.9. The second kappa shape index (κ2) is 5.76. The molecular formula is C16H21N3OS2. The van der Waals surface area contributed by atoms with Gasteiger partial charge in [0.15, 0.2) is 0 Å². The van der Waals surface area contributed by atoms with E-state index in [0.29, 0.717) is 6.54 Å². The van der Waals surface area contributed by atoms with Crippen molar-refractivity contribution in [1.82, 2.24) is 9.88 Å². The van der Waals surface area contributed by atoms with E-state index in [-0.39, 0.29) is 17.4 Å². The van der Waals surface area contributed by atoms with E-state index in [9.17, 15) is 4.79 Å². The maximum atomic E-state index is 12.9. The van der Waals surface area contributed by atoms with Gasteiger partial charge in [-0.2, -0.15) is 0 Å². The molecule has 1 atom stereocenters. The van der Waals surface area contributed by atoms with Crippen molar-refractivity contribution in [1.29, 1.82) is 0 Å². The first-order chi connectivity index (χ1) is 10.4. The van der Waals surface area contributed by atoms with E-state index < -0.39 is 0 Å². The van der Waals surface area contributed by atoms with Crippen LogP contribution in [0.15, 0.2) is 17.5 Å². The molecule has 6 heteroatoms. The molecule has 0 saturated carbocycles. The van der Waals surface area contributed by atoms with E-state index in [1.807, 2.05) is 29.3 Å². The van der Waals surface area contributed by atoms with Crippen molar-refractivity contribution >= 4 is 28.6 Å². The van der Waals surface area contributed by atoms with Crippen molar-refractivity contribution in [2.24, 2.45) is 11.1 Å². The molecule has 1 unspecified atom stereocenters. The van der Waals surface area contributed by atoms with Crippen LogP contribution in [0, 0.1) is 12.3 Å². The molecular weight excluding hydrogens is 314 g/mol. The van der Waals surface area contributed by atoms with Crippen molar-refractivity contribution in [2.45, 2.75) is 33.2 Å². The molecule has 1 fully saturated rings. The van der Waals surface area contributed by atoms with Crippen LogP contribution < -0.4 is 5.73 Å². The number of aromatic nitrogens is 1. The van der Waals surface area contributed by atoms with Gasteiger partial charge in [0.05, 0.1) is 10.6 Å². The Morgan fingerprint density at radius 2 is 2.27 bits per heavy atom. The lowest BCUT2D eigenvalue weighted by molar-refractivity contribution is 0.0536. The van der Waals surface area contributed by atoms with E-state index in [0.717, 1.165) is 33.4 Å².